The molecule has 0 saturated heterocycles. The summed E-state index contributed by atoms with van der Waals surface area (Å²) in [7, 11) is 2.11. The minimum Gasteiger partial charge on any atom is -0.351 e. The van der Waals surface area contributed by atoms with Gasteiger partial charge in [-0.25, -0.2) is 4.98 Å². The van der Waals surface area contributed by atoms with Crippen LogP contribution >= 0.6 is 0 Å². The van der Waals surface area contributed by atoms with Crippen molar-refractivity contribution < 1.29 is 0 Å². The van der Waals surface area contributed by atoms with Crippen LogP contribution in [0.5, 0.6) is 0 Å². The first-order valence-corrected chi connectivity index (χ1v) is 11.1. The highest BCUT2D eigenvalue weighted by Gasteiger charge is 2.18. The lowest BCUT2D eigenvalue weighted by atomic mass is 9.95. The van der Waals surface area contributed by atoms with Gasteiger partial charge in [0.15, 0.2) is 0 Å². The molecule has 0 aliphatic heterocycles. The fraction of sp³-hybridized carbons (Fsp3) is 0.179. The first-order chi connectivity index (χ1) is 15.2. The standard InChI is InChI=1S/C28H25N3/c1-4-18-9-8-10-19(5-2)27(18)26-17-29-28-22-12-7-6-11-21(22)23-16-24-20(13-14-30(24)3)15-25(23)31(26)28/h6-17H,4-5H2,1-3H3. The highest BCUT2D eigenvalue weighted by atomic mass is 15.0. The van der Waals surface area contributed by atoms with Crippen LogP contribution in [0.25, 0.3) is 49.5 Å². The maximum Gasteiger partial charge on any atom is 0.145 e. The van der Waals surface area contributed by atoms with E-state index in [2.05, 4.69) is 103 Å². The zero-order valence-electron chi connectivity index (χ0n) is 18.2. The second-order valence-electron chi connectivity index (χ2n) is 8.36. The van der Waals surface area contributed by atoms with E-state index in [1.165, 1.54) is 55.0 Å². The lowest BCUT2D eigenvalue weighted by Gasteiger charge is -2.16. The van der Waals surface area contributed by atoms with Gasteiger partial charge < -0.3 is 4.57 Å². The third-order valence-corrected chi connectivity index (χ3v) is 6.72. The SMILES string of the molecule is CCc1cccc(CC)c1-c1cnc2c3ccccc3c3cc4c(ccn4C)cc3n12. The Morgan fingerprint density at radius 2 is 1.52 bits per heavy atom. The largest absolute Gasteiger partial charge is 0.351 e. The molecular weight excluding hydrogens is 378 g/mol. The van der Waals surface area contributed by atoms with Gasteiger partial charge in [-0.1, -0.05) is 56.3 Å². The minimum absolute atomic E-state index is 1.00. The summed E-state index contributed by atoms with van der Waals surface area (Å²) in [5.41, 5.74) is 8.78. The number of hydrogen-bond acceptors (Lipinski definition) is 1. The lowest BCUT2D eigenvalue weighted by molar-refractivity contribution is 0.970. The molecule has 152 valence electrons. The van der Waals surface area contributed by atoms with Crippen LogP contribution in [0, 0.1) is 0 Å². The van der Waals surface area contributed by atoms with Gasteiger partial charge in [-0.05, 0) is 47.6 Å². The zero-order valence-corrected chi connectivity index (χ0v) is 18.2. The van der Waals surface area contributed by atoms with E-state index in [-0.39, 0.29) is 0 Å². The van der Waals surface area contributed by atoms with E-state index in [1.54, 1.807) is 0 Å². The van der Waals surface area contributed by atoms with Crippen molar-refractivity contribution in [1.82, 2.24) is 14.0 Å². The van der Waals surface area contributed by atoms with E-state index >= 15 is 0 Å². The fourth-order valence-corrected chi connectivity index (χ4v) is 5.15. The molecule has 0 bridgehead atoms. The molecule has 0 saturated carbocycles. The molecule has 3 aromatic heterocycles. The zero-order chi connectivity index (χ0) is 21.1. The van der Waals surface area contributed by atoms with Crippen LogP contribution in [0.4, 0.5) is 0 Å². The maximum atomic E-state index is 4.97. The van der Waals surface area contributed by atoms with Gasteiger partial charge in [0, 0.05) is 40.5 Å². The summed E-state index contributed by atoms with van der Waals surface area (Å²) < 4.78 is 4.59. The van der Waals surface area contributed by atoms with Gasteiger partial charge >= 0.3 is 0 Å². The molecule has 3 nitrogen and oxygen atoms in total. The number of rotatable bonds is 3. The molecule has 6 rings (SSSR count). The Hall–Kier alpha value is -3.59. The summed E-state index contributed by atoms with van der Waals surface area (Å²) in [6.45, 7) is 4.48. The normalized spacial score (nSPS) is 12.0. The van der Waals surface area contributed by atoms with Crippen molar-refractivity contribution in [1.29, 1.82) is 0 Å². The molecule has 3 aromatic carbocycles. The second-order valence-corrected chi connectivity index (χ2v) is 8.36. The maximum absolute atomic E-state index is 4.97. The number of aryl methyl sites for hydroxylation is 3. The van der Waals surface area contributed by atoms with Crippen molar-refractivity contribution in [2.24, 2.45) is 7.05 Å². The summed E-state index contributed by atoms with van der Waals surface area (Å²) >= 11 is 0. The summed E-state index contributed by atoms with van der Waals surface area (Å²) in [5.74, 6) is 0. The average molecular weight is 404 g/mol. The van der Waals surface area contributed by atoms with Crippen LogP contribution in [-0.2, 0) is 19.9 Å². The molecule has 0 aliphatic carbocycles. The molecule has 0 amide bonds. The first kappa shape index (κ1) is 18.2. The van der Waals surface area contributed by atoms with E-state index in [0.717, 1.165) is 18.5 Å². The Kier molecular flexibility index (Phi) is 3.94. The summed E-state index contributed by atoms with van der Waals surface area (Å²) in [5, 5.41) is 4.97. The van der Waals surface area contributed by atoms with E-state index in [4.69, 9.17) is 4.98 Å². The quantitative estimate of drug-likeness (QED) is 0.294. The first-order valence-electron chi connectivity index (χ1n) is 11.1. The number of benzene rings is 3. The number of hydrogen-bond donors (Lipinski definition) is 0. The van der Waals surface area contributed by atoms with Gasteiger partial charge in [0.2, 0.25) is 0 Å². The molecule has 3 heterocycles. The molecule has 0 radical (unpaired) electrons. The molecule has 0 aliphatic rings. The molecule has 0 spiro atoms. The van der Waals surface area contributed by atoms with Gasteiger partial charge in [-0.2, -0.15) is 0 Å². The molecular formula is C28H25N3. The Morgan fingerprint density at radius 3 is 2.26 bits per heavy atom. The van der Waals surface area contributed by atoms with Gasteiger partial charge in [-0.3, -0.25) is 4.40 Å². The van der Waals surface area contributed by atoms with Crippen LogP contribution in [-0.4, -0.2) is 14.0 Å². The molecule has 0 fully saturated rings. The van der Waals surface area contributed by atoms with Crippen LogP contribution in [0.2, 0.25) is 0 Å². The number of aromatic nitrogens is 3. The Labute approximate surface area is 181 Å². The van der Waals surface area contributed by atoms with Crippen LogP contribution in [0.1, 0.15) is 25.0 Å². The molecule has 0 N–H and O–H groups in total. The summed E-state index contributed by atoms with van der Waals surface area (Å²) in [6.07, 6.45) is 6.22. The third kappa shape index (κ3) is 2.50. The van der Waals surface area contributed by atoms with Crippen molar-refractivity contribution in [2.45, 2.75) is 26.7 Å². The second kappa shape index (κ2) is 6.71. The van der Waals surface area contributed by atoms with Crippen molar-refractivity contribution in [2.75, 3.05) is 0 Å². The van der Waals surface area contributed by atoms with Crippen molar-refractivity contribution in [3.63, 3.8) is 0 Å². The fourth-order valence-electron chi connectivity index (χ4n) is 5.15. The summed E-state index contributed by atoms with van der Waals surface area (Å²) in [4.78, 5) is 4.97. The van der Waals surface area contributed by atoms with Crippen LogP contribution in [0.15, 0.2) is 73.1 Å². The highest BCUT2D eigenvalue weighted by Crippen LogP contribution is 2.37. The minimum atomic E-state index is 1.00. The average Bonchev–Trinajstić information content (AvgIpc) is 3.41. The van der Waals surface area contributed by atoms with E-state index in [1.807, 2.05) is 0 Å². The Balaban J connectivity index is 1.87. The molecule has 31 heavy (non-hydrogen) atoms. The van der Waals surface area contributed by atoms with Crippen molar-refractivity contribution in [3.8, 4) is 11.3 Å². The van der Waals surface area contributed by atoms with Gasteiger partial charge in [0.05, 0.1) is 17.4 Å². The Bertz CT molecular complexity index is 1590. The number of pyridine rings is 1. The lowest BCUT2D eigenvalue weighted by Crippen LogP contribution is -1.99. The van der Waals surface area contributed by atoms with E-state index < -0.39 is 0 Å². The number of imidazole rings is 1. The highest BCUT2D eigenvalue weighted by molar-refractivity contribution is 6.15. The van der Waals surface area contributed by atoms with E-state index in [9.17, 15) is 0 Å². The van der Waals surface area contributed by atoms with Crippen molar-refractivity contribution >= 4 is 38.2 Å². The summed E-state index contributed by atoms with van der Waals surface area (Å²) in [6, 6.07) is 22.2. The van der Waals surface area contributed by atoms with Crippen LogP contribution in [0.3, 0.4) is 0 Å². The number of fused-ring (bicyclic) bond motifs is 7. The topological polar surface area (TPSA) is 22.2 Å². The van der Waals surface area contributed by atoms with Gasteiger partial charge in [-0.15, -0.1) is 0 Å². The molecule has 0 atom stereocenters. The van der Waals surface area contributed by atoms with E-state index in [0.29, 0.717) is 0 Å². The van der Waals surface area contributed by atoms with Gasteiger partial charge in [0.1, 0.15) is 5.65 Å². The van der Waals surface area contributed by atoms with Gasteiger partial charge in [0.25, 0.3) is 0 Å². The third-order valence-electron chi connectivity index (χ3n) is 6.72. The molecule has 0 unspecified atom stereocenters. The Morgan fingerprint density at radius 1 is 0.774 bits per heavy atom. The smallest absolute Gasteiger partial charge is 0.145 e. The van der Waals surface area contributed by atoms with Crippen molar-refractivity contribution in [3.05, 3.63) is 84.2 Å². The molecule has 3 heteroatoms. The predicted octanol–water partition coefficient (Wildman–Crippen LogP) is 6.92. The predicted molar refractivity (Wildman–Crippen MR) is 131 cm³/mol. The monoisotopic (exact) mass is 403 g/mol. The molecule has 6 aromatic rings. The van der Waals surface area contributed by atoms with Crippen LogP contribution < -0.4 is 0 Å². The number of nitrogens with zero attached hydrogens (tertiary/aromatic N) is 3.